The summed E-state index contributed by atoms with van der Waals surface area (Å²) in [4.78, 5) is 1.72. The van der Waals surface area contributed by atoms with Gasteiger partial charge in [-0.3, -0.25) is 0 Å². The minimum absolute atomic E-state index is 0.0228. The van der Waals surface area contributed by atoms with E-state index in [1.54, 1.807) is 4.93 Å². The van der Waals surface area contributed by atoms with Gasteiger partial charge in [-0.15, -0.1) is 0 Å². The molecule has 0 aliphatic heterocycles. The fraction of sp³-hybridized carbons (Fsp3) is 0. The Morgan fingerprint density at radius 1 is 2.17 bits per heavy atom. The molecule has 0 N–H and O–H groups in total. The van der Waals surface area contributed by atoms with Gasteiger partial charge in [0, 0.05) is 0 Å². The molecule has 0 bridgehead atoms. The summed E-state index contributed by atoms with van der Waals surface area (Å²) in [5, 5.41) is 6.78. The van der Waals surface area contributed by atoms with Gasteiger partial charge in [-0.05, 0) is 0 Å². The van der Waals surface area contributed by atoms with Crippen molar-refractivity contribution in [2.75, 3.05) is 0 Å². The summed E-state index contributed by atoms with van der Waals surface area (Å²) in [6.45, 7) is 3.49. The predicted octanol–water partition coefficient (Wildman–Crippen LogP) is -2.72. The Kier molecular flexibility index (Phi) is 4.60. The van der Waals surface area contributed by atoms with Gasteiger partial charge in [0.05, 0.1) is 0 Å². The van der Waals surface area contributed by atoms with E-state index in [9.17, 15) is 0 Å². The molecule has 0 saturated carbocycles. The third-order valence-electron chi connectivity index (χ3n) is 0.167. The second-order valence-electron chi connectivity index (χ2n) is 0.455. The van der Waals surface area contributed by atoms with Crippen LogP contribution in [-0.4, -0.2) is 11.6 Å². The number of hydrogen-bond donors (Lipinski definition) is 0. The Morgan fingerprint density at radius 2 is 3.00 bits per heavy atom. The number of hydrogen-bond acceptors (Lipinski definition) is 2. The van der Waals surface area contributed by atoms with Crippen molar-refractivity contribution >= 4 is 18.5 Å². The van der Waals surface area contributed by atoms with E-state index < -0.39 is 0 Å². The Bertz CT molecular complexity index is 85.8. The molecule has 2 nitrogen and oxygen atoms in total. The van der Waals surface area contributed by atoms with E-state index in [-0.39, 0.29) is 20.4 Å². The Labute approximate surface area is 50.7 Å². The van der Waals surface area contributed by atoms with E-state index in [4.69, 9.17) is 1.37 Å². The van der Waals surface area contributed by atoms with Crippen LogP contribution in [-0.2, 0) is 0 Å². The Morgan fingerprint density at radius 3 is 3.50 bits per heavy atom. The van der Waals surface area contributed by atoms with Crippen molar-refractivity contribution in [3.63, 3.8) is 0 Å². The normalized spacial score (nSPS) is 13.2. The SMILES string of the molecule is [3H]C=NN=B[I-]P. The zero-order chi connectivity index (χ0) is 5.54. The molecule has 0 aromatic rings. The molecule has 0 heterocycles. The predicted molar refractivity (Wildman–Crippen MR) is 27.4 cm³/mol. The fourth-order valence-corrected chi connectivity index (χ4v) is 0.676. The van der Waals surface area contributed by atoms with Crippen LogP contribution in [0.1, 0.15) is 1.37 Å². The molecule has 0 aromatic heterocycles. The molecule has 0 fully saturated rings. The van der Waals surface area contributed by atoms with Crippen molar-refractivity contribution in [3.8, 4) is 0 Å². The first-order valence-corrected chi connectivity index (χ1v) is 6.57. The van der Waals surface area contributed by atoms with Crippen molar-refractivity contribution in [2.24, 2.45) is 10.1 Å². The molecule has 0 spiro atoms. The monoisotopic (exact) mass is 215 g/mol. The number of nitrogens with zero attached hydrogens (tertiary/aromatic N) is 2. The molecule has 34 valence electrons. The molecule has 0 amide bonds. The topological polar surface area (TPSA) is 24.7 Å². The van der Waals surface area contributed by atoms with Gasteiger partial charge in [-0.2, -0.15) is 0 Å². The molecule has 0 aliphatic carbocycles. The zero-order valence-corrected chi connectivity index (χ0v) is 6.32. The molecule has 0 radical (unpaired) electrons. The van der Waals surface area contributed by atoms with E-state index in [0.29, 0.717) is 0 Å². The molecule has 1 unspecified atom stereocenters. The number of rotatable bonds is 2. The molecule has 0 aliphatic rings. The molecule has 0 saturated heterocycles. The number of halogens is 1. The quantitative estimate of drug-likeness (QED) is 0.157. The van der Waals surface area contributed by atoms with Crippen LogP contribution in [0.5, 0.6) is 0 Å². The zero-order valence-electron chi connectivity index (χ0n) is 4.00. The first-order chi connectivity index (χ1) is 3.41. The van der Waals surface area contributed by atoms with E-state index in [1.807, 2.05) is 0 Å². The summed E-state index contributed by atoms with van der Waals surface area (Å²) in [5.41, 5.74) is 0. The molecule has 1 atom stereocenters. The van der Waals surface area contributed by atoms with Crippen LogP contribution in [0.2, 0.25) is 0 Å². The summed E-state index contributed by atoms with van der Waals surface area (Å²) in [5.74, 6) is 0. The maximum absolute atomic E-state index is 6.38. The van der Waals surface area contributed by atoms with Gasteiger partial charge in [-0.25, -0.2) is 0 Å². The van der Waals surface area contributed by atoms with Gasteiger partial charge in [0.15, 0.2) is 0 Å². The van der Waals surface area contributed by atoms with Crippen LogP contribution in [0.25, 0.3) is 0 Å². The summed E-state index contributed by atoms with van der Waals surface area (Å²) in [7, 11) is 0. The standard InChI is InChI=1S/CH4BIN2P/c1-4-5-2-3-6/h1,6H2/q-1/i1T. The van der Waals surface area contributed by atoms with E-state index in [0.717, 1.165) is 6.69 Å². The van der Waals surface area contributed by atoms with Crippen molar-refractivity contribution in [3.05, 3.63) is 0 Å². The summed E-state index contributed by atoms with van der Waals surface area (Å²) in [6, 6.07) is 0. The second kappa shape index (κ2) is 5.69. The van der Waals surface area contributed by atoms with Crippen LogP contribution in [0, 0.1) is 0 Å². The first-order valence-electron chi connectivity index (χ1n) is 1.73. The average molecular weight is 215 g/mol. The van der Waals surface area contributed by atoms with E-state index >= 15 is 0 Å². The Balaban J connectivity index is 3.09. The third-order valence-corrected chi connectivity index (χ3v) is 1.49. The minimum atomic E-state index is 0.0228. The molecule has 0 rings (SSSR count). The molecule has 0 aromatic carbocycles. The van der Waals surface area contributed by atoms with Gasteiger partial charge in [0.25, 0.3) is 0 Å². The van der Waals surface area contributed by atoms with Crippen molar-refractivity contribution in [2.45, 2.75) is 0 Å². The second-order valence-corrected chi connectivity index (χ2v) is 3.42. The molecule has 5 heteroatoms. The Hall–Kier alpha value is 0.695. The molecular formula is CH4BIN2P-. The van der Waals surface area contributed by atoms with Crippen LogP contribution >= 0.6 is 6.88 Å². The molecular weight excluding hydrogens is 209 g/mol. The van der Waals surface area contributed by atoms with Crippen LogP contribution in [0.15, 0.2) is 10.1 Å². The maximum atomic E-state index is 6.38. The summed E-state index contributed by atoms with van der Waals surface area (Å²) in [6.07, 6.45) is 0. The van der Waals surface area contributed by atoms with Crippen molar-refractivity contribution in [1.29, 1.82) is 0 Å². The van der Waals surface area contributed by atoms with Gasteiger partial charge < -0.3 is 0 Å². The van der Waals surface area contributed by atoms with Gasteiger partial charge in [-0.1, -0.05) is 0 Å². The van der Waals surface area contributed by atoms with E-state index in [1.165, 1.54) is 0 Å². The fourth-order valence-electron chi connectivity index (χ4n) is 0.0504. The summed E-state index contributed by atoms with van der Waals surface area (Å²) >= 11 is 0.0228. The third kappa shape index (κ3) is 4.69. The van der Waals surface area contributed by atoms with Gasteiger partial charge in [0.1, 0.15) is 0 Å². The van der Waals surface area contributed by atoms with Crippen LogP contribution < -0.4 is 20.4 Å². The van der Waals surface area contributed by atoms with Gasteiger partial charge >= 0.3 is 50.4 Å². The van der Waals surface area contributed by atoms with Gasteiger partial charge in [0.2, 0.25) is 0 Å². The molecule has 6 heavy (non-hydrogen) atoms. The average Bonchev–Trinajstić information content (AvgIpc) is 1.69. The van der Waals surface area contributed by atoms with Crippen LogP contribution in [0.3, 0.4) is 0 Å². The van der Waals surface area contributed by atoms with Crippen molar-refractivity contribution in [1.82, 2.24) is 0 Å². The van der Waals surface area contributed by atoms with Crippen molar-refractivity contribution < 1.29 is 21.8 Å². The first kappa shape index (κ1) is 4.84. The van der Waals surface area contributed by atoms with Crippen LogP contribution in [0.4, 0.5) is 0 Å². The summed E-state index contributed by atoms with van der Waals surface area (Å²) < 4.78 is 6.38. The van der Waals surface area contributed by atoms with E-state index in [2.05, 4.69) is 17.0 Å².